The molecule has 0 saturated carbocycles. The van der Waals surface area contributed by atoms with Crippen molar-refractivity contribution in [1.29, 1.82) is 0 Å². The number of aliphatic hydroxyl groups excluding tert-OH is 1. The number of amides is 1. The number of nitrogens with one attached hydrogen (secondary N) is 1. The first-order valence-corrected chi connectivity index (χ1v) is 12.2. The van der Waals surface area contributed by atoms with Gasteiger partial charge in [-0.1, -0.05) is 13.5 Å². The molecule has 13 heteroatoms. The molecular weight excluding hydrogens is 616 g/mol. The zero-order chi connectivity index (χ0) is 26.1. The number of nitrogens with zero attached hydrogens (tertiary/aromatic N) is 4. The number of ether oxygens (including phenoxy) is 1. The number of carbonyl (C=O) groups is 3. The fourth-order valence-corrected chi connectivity index (χ4v) is 3.76. The van der Waals surface area contributed by atoms with Gasteiger partial charge in [0.1, 0.15) is 0 Å². The van der Waals surface area contributed by atoms with Crippen LogP contribution in [0.15, 0.2) is 12.3 Å². The van der Waals surface area contributed by atoms with Gasteiger partial charge >= 0.3 is 11.9 Å². The molecule has 0 radical (unpaired) electrons. The Morgan fingerprint density at radius 2 is 1.17 bits per heavy atom. The molecule has 12 nitrogen and oxygen atoms in total. The van der Waals surface area contributed by atoms with Crippen molar-refractivity contribution >= 4 is 17.8 Å². The fourth-order valence-electron chi connectivity index (χ4n) is 3.76. The second-order valence-electron chi connectivity index (χ2n) is 8.77. The number of aliphatic carboxylic acids is 2. The predicted molar refractivity (Wildman–Crippen MR) is 132 cm³/mol. The van der Waals surface area contributed by atoms with Gasteiger partial charge in [0.25, 0.3) is 0 Å². The van der Waals surface area contributed by atoms with Crippen LogP contribution < -0.4 is 5.32 Å². The maximum Gasteiger partial charge on any atom is 0.317 e. The van der Waals surface area contributed by atoms with Crippen LogP contribution in [0.1, 0.15) is 19.8 Å². The van der Waals surface area contributed by atoms with Crippen LogP contribution in [0.2, 0.25) is 0 Å². The van der Waals surface area contributed by atoms with Gasteiger partial charge in [-0.15, -0.1) is 0 Å². The quantitative estimate of drug-likeness (QED) is 0.140. The summed E-state index contributed by atoms with van der Waals surface area (Å²) in [5, 5.41) is 31.2. The minimum absolute atomic E-state index is 0. The molecule has 0 aromatic heterocycles. The molecule has 0 aromatic rings. The molecule has 1 rings (SSSR count). The Bertz CT molecular complexity index is 639. The fraction of sp³-hybridized carbons (Fsp3) is 0.783. The average Bonchev–Trinajstić information content (AvgIpc) is 2.77. The Morgan fingerprint density at radius 3 is 1.56 bits per heavy atom. The third-order valence-electron chi connectivity index (χ3n) is 5.56. The van der Waals surface area contributed by atoms with Crippen molar-refractivity contribution in [3.8, 4) is 0 Å². The zero-order valence-corrected chi connectivity index (χ0v) is 23.6. The summed E-state index contributed by atoms with van der Waals surface area (Å²) in [6.45, 7) is 11.2. The molecule has 0 aliphatic carbocycles. The topological polar surface area (TPSA) is 146 Å². The van der Waals surface area contributed by atoms with E-state index in [-0.39, 0.29) is 77.8 Å². The monoisotopic (exact) mass is 659 g/mol. The van der Waals surface area contributed by atoms with E-state index in [4.69, 9.17) is 4.74 Å². The number of hydrogen-bond donors (Lipinski definition) is 4. The summed E-state index contributed by atoms with van der Waals surface area (Å²) in [4.78, 5) is 42.7. The minimum atomic E-state index is -0.933. The van der Waals surface area contributed by atoms with E-state index in [1.54, 1.807) is 0 Å². The molecular formula is C23H43GdN5O7. The van der Waals surface area contributed by atoms with E-state index < -0.39 is 11.9 Å². The van der Waals surface area contributed by atoms with Crippen LogP contribution in [0, 0.1) is 39.9 Å². The number of carbonyl (C=O) groups excluding carboxylic acids is 1. The van der Waals surface area contributed by atoms with E-state index in [0.717, 1.165) is 12.8 Å². The maximum absolute atomic E-state index is 12.5. The molecule has 0 atom stereocenters. The van der Waals surface area contributed by atoms with Crippen molar-refractivity contribution in [2.45, 2.75) is 19.8 Å². The van der Waals surface area contributed by atoms with Crippen LogP contribution >= 0.6 is 0 Å². The third-order valence-corrected chi connectivity index (χ3v) is 5.56. The van der Waals surface area contributed by atoms with Crippen molar-refractivity contribution in [3.05, 3.63) is 12.3 Å². The Balaban J connectivity index is 0.0000122. The van der Waals surface area contributed by atoms with Gasteiger partial charge < -0.3 is 25.4 Å². The molecule has 1 amide bonds. The van der Waals surface area contributed by atoms with Crippen molar-refractivity contribution in [3.63, 3.8) is 0 Å². The number of aliphatic hydroxyl groups is 1. The first-order chi connectivity index (χ1) is 16.7. The van der Waals surface area contributed by atoms with Gasteiger partial charge in [0.2, 0.25) is 5.91 Å². The largest absolute Gasteiger partial charge is 0.512 e. The van der Waals surface area contributed by atoms with Gasteiger partial charge in [0.15, 0.2) is 0 Å². The normalized spacial score (nSPS) is 17.4. The molecule has 1 saturated heterocycles. The standard InChI is InChI=1S/C23H43N5O7.Gd/c1-3-14-35-15-4-5-24-21(30)17-26-8-12-27(18-22(31)32)10-6-25(16-20(2)29)7-11-28(13-9-26)19-23(33)34;/h29H,2-19H2,1H3,(H,24,30)(H,31,32)(H,33,34);. The van der Waals surface area contributed by atoms with E-state index in [0.29, 0.717) is 72.1 Å². The molecule has 0 aromatic carbocycles. The summed E-state index contributed by atoms with van der Waals surface area (Å²) in [5.41, 5.74) is 0. The SMILES string of the molecule is C=C(O)CN1CCN(CC(=O)O)CCN(CC(=O)NCCCOCCC)CCN(CC(=O)O)CC1.[Gd]. The van der Waals surface area contributed by atoms with Crippen LogP contribution in [0.3, 0.4) is 0 Å². The number of carboxylic acid groups (broad SMARTS) is 2. The first-order valence-electron chi connectivity index (χ1n) is 12.2. The number of rotatable bonds is 14. The third kappa shape index (κ3) is 18.3. The van der Waals surface area contributed by atoms with Crippen molar-refractivity contribution < 1.29 is 74.4 Å². The minimum Gasteiger partial charge on any atom is -0.512 e. The summed E-state index contributed by atoms with van der Waals surface area (Å²) >= 11 is 0. The molecule has 0 unspecified atom stereocenters. The second kappa shape index (κ2) is 21.1. The Morgan fingerprint density at radius 1 is 0.750 bits per heavy atom. The van der Waals surface area contributed by atoms with E-state index in [1.165, 1.54) is 0 Å². The summed E-state index contributed by atoms with van der Waals surface area (Å²) in [5.74, 6) is -1.99. The van der Waals surface area contributed by atoms with Crippen LogP contribution in [0.25, 0.3) is 0 Å². The van der Waals surface area contributed by atoms with Crippen molar-refractivity contribution in [2.75, 3.05) is 98.3 Å². The molecule has 1 aliphatic rings. The second-order valence-corrected chi connectivity index (χ2v) is 8.77. The molecule has 1 fully saturated rings. The molecule has 0 spiro atoms. The van der Waals surface area contributed by atoms with Crippen molar-refractivity contribution in [2.24, 2.45) is 0 Å². The maximum atomic E-state index is 12.5. The van der Waals surface area contributed by atoms with Crippen LogP contribution in [0.5, 0.6) is 0 Å². The van der Waals surface area contributed by atoms with Gasteiger partial charge in [-0.3, -0.25) is 34.0 Å². The summed E-state index contributed by atoms with van der Waals surface area (Å²) in [6, 6.07) is 0. The van der Waals surface area contributed by atoms with Gasteiger partial charge in [0, 0.05) is 112 Å². The van der Waals surface area contributed by atoms with Crippen LogP contribution in [-0.2, 0) is 19.1 Å². The summed E-state index contributed by atoms with van der Waals surface area (Å²) in [7, 11) is 0. The van der Waals surface area contributed by atoms with Gasteiger partial charge in [0.05, 0.1) is 31.9 Å². The molecule has 1 heterocycles. The number of carboxylic acids is 2. The molecule has 0 bridgehead atoms. The van der Waals surface area contributed by atoms with E-state index in [2.05, 4.69) is 11.9 Å². The average molecular weight is 659 g/mol. The van der Waals surface area contributed by atoms with E-state index >= 15 is 0 Å². The van der Waals surface area contributed by atoms with E-state index in [9.17, 15) is 29.7 Å². The summed E-state index contributed by atoms with van der Waals surface area (Å²) < 4.78 is 5.42. The molecule has 1 aliphatic heterocycles. The number of hydrogen-bond acceptors (Lipinski definition) is 9. The Kier molecular flexibility index (Phi) is 20.5. The predicted octanol–water partition coefficient (Wildman–Crippen LogP) is -0.618. The first kappa shape index (κ1) is 35.1. The van der Waals surface area contributed by atoms with Crippen molar-refractivity contribution in [1.82, 2.24) is 24.9 Å². The zero-order valence-electron chi connectivity index (χ0n) is 21.3. The van der Waals surface area contributed by atoms with E-state index in [1.807, 2.05) is 26.5 Å². The smallest absolute Gasteiger partial charge is 0.317 e. The van der Waals surface area contributed by atoms with Crippen LogP contribution in [0.4, 0.5) is 0 Å². The van der Waals surface area contributed by atoms with Crippen LogP contribution in [-0.4, -0.2) is 151 Å². The Hall–Kier alpha value is -0.925. The van der Waals surface area contributed by atoms with Gasteiger partial charge in [-0.05, 0) is 12.8 Å². The Labute approximate surface area is 246 Å². The van der Waals surface area contributed by atoms with Gasteiger partial charge in [-0.2, -0.15) is 0 Å². The summed E-state index contributed by atoms with van der Waals surface area (Å²) in [6.07, 6.45) is 1.68. The molecule has 4 N–H and O–H groups in total. The van der Waals surface area contributed by atoms with Gasteiger partial charge in [-0.25, -0.2) is 0 Å². The molecule has 36 heavy (non-hydrogen) atoms. The molecule has 210 valence electrons.